The lowest BCUT2D eigenvalue weighted by atomic mass is 10.1. The number of carbonyl (C=O) groups excluding carboxylic acids is 1. The largest absolute Gasteiger partial charge is 0.331 e. The highest BCUT2D eigenvalue weighted by Gasteiger charge is 2.19. The van der Waals surface area contributed by atoms with Gasteiger partial charge in [0.25, 0.3) is 5.89 Å². The molecule has 0 spiro atoms. The van der Waals surface area contributed by atoms with Crippen LogP contribution in [0.4, 0.5) is 0 Å². The molecular weight excluding hydrogens is 168 g/mol. The number of aromatic nitrogens is 2. The Kier molecular flexibility index (Phi) is 2.80. The molecule has 72 valence electrons. The highest BCUT2D eigenvalue weighted by atomic mass is 16.5. The van der Waals surface area contributed by atoms with Crippen molar-refractivity contribution in [2.45, 2.75) is 33.6 Å². The minimum absolute atomic E-state index is 0.0968. The van der Waals surface area contributed by atoms with E-state index in [0.717, 1.165) is 0 Å². The molecule has 1 heterocycles. The number of carbonyl (C=O) groups is 1. The molecule has 0 radical (unpaired) electrons. The number of Topliss-reactive ketones (excluding diaryl/α,β-unsaturated/α-hetero) is 1. The summed E-state index contributed by atoms with van der Waals surface area (Å²) in [5, 5.41) is 3.71. The van der Waals surface area contributed by atoms with Crippen LogP contribution in [0, 0.1) is 5.92 Å². The monoisotopic (exact) mass is 182 g/mol. The molecule has 1 aromatic heterocycles. The van der Waals surface area contributed by atoms with E-state index in [2.05, 4.69) is 10.1 Å². The van der Waals surface area contributed by atoms with Crippen LogP contribution >= 0.6 is 0 Å². The maximum absolute atomic E-state index is 11.4. The van der Waals surface area contributed by atoms with Crippen molar-refractivity contribution in [3.8, 4) is 0 Å². The average molecular weight is 182 g/mol. The molecule has 13 heavy (non-hydrogen) atoms. The molecular formula is C9H14N2O2. The van der Waals surface area contributed by atoms with Gasteiger partial charge in [0.15, 0.2) is 5.82 Å². The molecule has 4 nitrogen and oxygen atoms in total. The van der Waals surface area contributed by atoms with Crippen molar-refractivity contribution < 1.29 is 9.32 Å². The lowest BCUT2D eigenvalue weighted by Crippen LogP contribution is -2.07. The van der Waals surface area contributed by atoms with E-state index in [1.54, 1.807) is 0 Å². The van der Waals surface area contributed by atoms with E-state index in [4.69, 9.17) is 4.52 Å². The second-order valence-electron chi connectivity index (χ2n) is 3.63. The number of hydrogen-bond acceptors (Lipinski definition) is 4. The third-order valence-electron chi connectivity index (χ3n) is 1.69. The van der Waals surface area contributed by atoms with Crippen LogP contribution in [0.5, 0.6) is 0 Å². The van der Waals surface area contributed by atoms with Crippen molar-refractivity contribution >= 4 is 5.78 Å². The summed E-state index contributed by atoms with van der Waals surface area (Å²) in [6.07, 6.45) is 0. The normalized spacial score (nSPS) is 11.2. The minimum atomic E-state index is -0.0978. The molecule has 0 aromatic carbocycles. The van der Waals surface area contributed by atoms with Crippen molar-refractivity contribution in [2.24, 2.45) is 5.92 Å². The first-order valence-electron chi connectivity index (χ1n) is 4.40. The van der Waals surface area contributed by atoms with E-state index in [1.165, 1.54) is 0 Å². The molecule has 0 atom stereocenters. The molecule has 0 unspecified atom stereocenters. The van der Waals surface area contributed by atoms with Gasteiger partial charge in [0.2, 0.25) is 5.78 Å². The first kappa shape index (κ1) is 9.89. The van der Waals surface area contributed by atoms with E-state index < -0.39 is 0 Å². The van der Waals surface area contributed by atoms with Crippen molar-refractivity contribution in [2.75, 3.05) is 0 Å². The van der Waals surface area contributed by atoms with Gasteiger partial charge in [0.1, 0.15) is 0 Å². The quantitative estimate of drug-likeness (QED) is 0.671. The van der Waals surface area contributed by atoms with Crippen LogP contribution in [0.3, 0.4) is 0 Å². The van der Waals surface area contributed by atoms with Gasteiger partial charge in [-0.3, -0.25) is 4.79 Å². The van der Waals surface area contributed by atoms with Crippen LogP contribution in [0.25, 0.3) is 0 Å². The maximum atomic E-state index is 11.4. The van der Waals surface area contributed by atoms with Crippen LogP contribution < -0.4 is 0 Å². The zero-order valence-electron chi connectivity index (χ0n) is 8.37. The molecule has 0 amide bonds. The SMILES string of the molecule is CC(C)C(=O)c1nc(C(C)C)no1. The highest BCUT2D eigenvalue weighted by molar-refractivity contribution is 5.92. The summed E-state index contributed by atoms with van der Waals surface area (Å²) in [6, 6.07) is 0. The third-order valence-corrected chi connectivity index (χ3v) is 1.69. The van der Waals surface area contributed by atoms with Gasteiger partial charge in [-0.2, -0.15) is 4.98 Å². The Hall–Kier alpha value is -1.19. The molecule has 0 aliphatic carbocycles. The summed E-state index contributed by atoms with van der Waals surface area (Å²) < 4.78 is 4.84. The van der Waals surface area contributed by atoms with Gasteiger partial charge < -0.3 is 4.52 Å². The zero-order chi connectivity index (χ0) is 10.0. The average Bonchev–Trinajstić information content (AvgIpc) is 2.50. The highest BCUT2D eigenvalue weighted by Crippen LogP contribution is 2.12. The van der Waals surface area contributed by atoms with Crippen LogP contribution in [0.2, 0.25) is 0 Å². The molecule has 0 N–H and O–H groups in total. The standard InChI is InChI=1S/C9H14N2O2/c1-5(2)7(12)9-10-8(6(3)4)11-13-9/h5-6H,1-4H3. The molecule has 0 aliphatic rings. The summed E-state index contributed by atoms with van der Waals surface area (Å²) in [6.45, 7) is 7.52. The van der Waals surface area contributed by atoms with E-state index in [1.807, 2.05) is 27.7 Å². The Bertz CT molecular complexity index is 302. The molecule has 0 saturated heterocycles. The minimum Gasteiger partial charge on any atom is -0.331 e. The van der Waals surface area contributed by atoms with Crippen molar-refractivity contribution in [1.82, 2.24) is 10.1 Å². The van der Waals surface area contributed by atoms with Crippen LogP contribution in [-0.4, -0.2) is 15.9 Å². The molecule has 1 aromatic rings. The summed E-state index contributed by atoms with van der Waals surface area (Å²) >= 11 is 0. The van der Waals surface area contributed by atoms with E-state index >= 15 is 0 Å². The van der Waals surface area contributed by atoms with E-state index in [0.29, 0.717) is 5.82 Å². The van der Waals surface area contributed by atoms with E-state index in [9.17, 15) is 4.79 Å². The smallest absolute Gasteiger partial charge is 0.294 e. The number of hydrogen-bond donors (Lipinski definition) is 0. The van der Waals surface area contributed by atoms with Gasteiger partial charge in [-0.15, -0.1) is 0 Å². The Morgan fingerprint density at radius 1 is 1.31 bits per heavy atom. The Balaban J connectivity index is 2.86. The Morgan fingerprint density at radius 2 is 1.92 bits per heavy atom. The van der Waals surface area contributed by atoms with Gasteiger partial charge >= 0.3 is 0 Å². The number of rotatable bonds is 3. The molecule has 0 fully saturated rings. The summed E-state index contributed by atoms with van der Waals surface area (Å²) in [5.74, 6) is 0.708. The van der Waals surface area contributed by atoms with Gasteiger partial charge in [-0.25, -0.2) is 0 Å². The summed E-state index contributed by atoms with van der Waals surface area (Å²) in [4.78, 5) is 15.4. The first-order valence-corrected chi connectivity index (χ1v) is 4.40. The maximum Gasteiger partial charge on any atom is 0.294 e. The van der Waals surface area contributed by atoms with Crippen LogP contribution in [0.15, 0.2) is 4.52 Å². The first-order chi connectivity index (χ1) is 6.02. The van der Waals surface area contributed by atoms with Gasteiger partial charge in [-0.05, 0) is 0 Å². The predicted molar refractivity (Wildman–Crippen MR) is 47.6 cm³/mol. The second kappa shape index (κ2) is 3.68. The Morgan fingerprint density at radius 3 is 2.31 bits per heavy atom. The molecule has 0 saturated carbocycles. The van der Waals surface area contributed by atoms with Gasteiger partial charge in [0, 0.05) is 11.8 Å². The molecule has 0 bridgehead atoms. The van der Waals surface area contributed by atoms with Gasteiger partial charge in [0.05, 0.1) is 0 Å². The van der Waals surface area contributed by atoms with Crippen LogP contribution in [-0.2, 0) is 0 Å². The fourth-order valence-electron chi connectivity index (χ4n) is 0.816. The fourth-order valence-corrected chi connectivity index (χ4v) is 0.816. The fraction of sp³-hybridized carbons (Fsp3) is 0.667. The van der Waals surface area contributed by atoms with E-state index in [-0.39, 0.29) is 23.5 Å². The third kappa shape index (κ3) is 2.14. The van der Waals surface area contributed by atoms with Gasteiger partial charge in [-0.1, -0.05) is 32.9 Å². The Labute approximate surface area is 77.3 Å². The lowest BCUT2D eigenvalue weighted by molar-refractivity contribution is 0.0895. The molecule has 1 rings (SSSR count). The van der Waals surface area contributed by atoms with Crippen molar-refractivity contribution in [3.05, 3.63) is 11.7 Å². The lowest BCUT2D eigenvalue weighted by Gasteiger charge is -1.96. The molecule has 0 aliphatic heterocycles. The van der Waals surface area contributed by atoms with Crippen LogP contribution in [0.1, 0.15) is 50.1 Å². The van der Waals surface area contributed by atoms with Crippen molar-refractivity contribution in [1.29, 1.82) is 0 Å². The molecule has 4 heteroatoms. The zero-order valence-corrected chi connectivity index (χ0v) is 8.37. The number of nitrogens with zero attached hydrogens (tertiary/aromatic N) is 2. The van der Waals surface area contributed by atoms with Crippen molar-refractivity contribution in [3.63, 3.8) is 0 Å². The summed E-state index contributed by atoms with van der Waals surface area (Å²) in [7, 11) is 0. The second-order valence-corrected chi connectivity index (χ2v) is 3.63. The topological polar surface area (TPSA) is 56.0 Å². The summed E-state index contributed by atoms with van der Waals surface area (Å²) in [5.41, 5.74) is 0. The number of ketones is 1. The predicted octanol–water partition coefficient (Wildman–Crippen LogP) is 2.03.